The summed E-state index contributed by atoms with van der Waals surface area (Å²) in [5.41, 5.74) is 3.06. The number of esters is 2. The number of carbonyl (C=O) groups is 2. The number of ether oxygens (including phenoxy) is 3. The second-order valence-electron chi connectivity index (χ2n) is 9.49. The third-order valence-corrected chi connectivity index (χ3v) is 6.90. The van der Waals surface area contributed by atoms with E-state index in [9.17, 15) is 14.4 Å². The molecule has 0 spiro atoms. The van der Waals surface area contributed by atoms with Crippen molar-refractivity contribution in [2.75, 3.05) is 13.7 Å². The van der Waals surface area contributed by atoms with Crippen molar-refractivity contribution in [2.45, 2.75) is 40.7 Å². The van der Waals surface area contributed by atoms with Gasteiger partial charge in [-0.3, -0.25) is 14.2 Å². The minimum Gasteiger partial charge on any atom is -0.493 e. The van der Waals surface area contributed by atoms with Crippen LogP contribution in [0.1, 0.15) is 50.4 Å². The van der Waals surface area contributed by atoms with Crippen LogP contribution in [0, 0.1) is 12.8 Å². The molecule has 0 unspecified atom stereocenters. The van der Waals surface area contributed by atoms with Crippen LogP contribution in [0.3, 0.4) is 0 Å². The first-order valence-electron chi connectivity index (χ1n) is 12.2. The van der Waals surface area contributed by atoms with Gasteiger partial charge in [0, 0.05) is 6.92 Å². The molecule has 0 N–H and O–H groups in total. The molecule has 0 aliphatic carbocycles. The Balaban J connectivity index is 1.92. The monoisotopic (exact) mass is 534 g/mol. The number of fused-ring (bicyclic) bond motifs is 1. The molecule has 198 valence electrons. The van der Waals surface area contributed by atoms with Gasteiger partial charge in [0.05, 0.1) is 35.6 Å². The van der Waals surface area contributed by atoms with E-state index >= 15 is 0 Å². The first-order valence-corrected chi connectivity index (χ1v) is 13.0. The van der Waals surface area contributed by atoms with Crippen molar-refractivity contribution in [3.8, 4) is 11.5 Å². The fourth-order valence-electron chi connectivity index (χ4n) is 4.13. The molecule has 1 aliphatic heterocycles. The number of carbonyl (C=O) groups excluding carboxylic acids is 2. The Labute approximate surface area is 224 Å². The van der Waals surface area contributed by atoms with Crippen molar-refractivity contribution < 1.29 is 23.8 Å². The Bertz CT molecular complexity index is 1600. The van der Waals surface area contributed by atoms with Crippen LogP contribution in [0.5, 0.6) is 11.5 Å². The molecular formula is C29H30N2O6S. The van der Waals surface area contributed by atoms with Crippen molar-refractivity contribution in [3.63, 3.8) is 0 Å². The number of hydrogen-bond acceptors (Lipinski definition) is 8. The average molecular weight is 535 g/mol. The van der Waals surface area contributed by atoms with Crippen LogP contribution in [-0.4, -0.2) is 30.2 Å². The first-order chi connectivity index (χ1) is 18.1. The normalized spacial score (nSPS) is 15.2. The van der Waals surface area contributed by atoms with E-state index in [1.54, 1.807) is 25.1 Å². The Kier molecular flexibility index (Phi) is 7.97. The predicted octanol–water partition coefficient (Wildman–Crippen LogP) is 3.68. The average Bonchev–Trinajstić information content (AvgIpc) is 3.17. The van der Waals surface area contributed by atoms with Gasteiger partial charge in [-0.1, -0.05) is 61.1 Å². The number of allylic oxidation sites excluding steroid dienone is 1. The molecular weight excluding hydrogens is 504 g/mol. The molecule has 4 rings (SSSR count). The fourth-order valence-corrected chi connectivity index (χ4v) is 5.17. The van der Waals surface area contributed by atoms with Gasteiger partial charge in [-0.15, -0.1) is 0 Å². The summed E-state index contributed by atoms with van der Waals surface area (Å²) in [6.07, 6.45) is 1.82. The van der Waals surface area contributed by atoms with Crippen LogP contribution in [0.4, 0.5) is 0 Å². The summed E-state index contributed by atoms with van der Waals surface area (Å²) in [5, 5.41) is 0. The largest absolute Gasteiger partial charge is 0.493 e. The number of aromatic nitrogens is 1. The number of thiazole rings is 1. The lowest BCUT2D eigenvalue weighted by atomic mass is 9.95. The van der Waals surface area contributed by atoms with E-state index in [1.807, 2.05) is 51.1 Å². The van der Waals surface area contributed by atoms with Crippen molar-refractivity contribution in [2.24, 2.45) is 10.9 Å². The third-order valence-electron chi connectivity index (χ3n) is 5.92. The van der Waals surface area contributed by atoms with Crippen LogP contribution < -0.4 is 24.4 Å². The first kappa shape index (κ1) is 27.1. The fraction of sp³-hybridized carbons (Fsp3) is 0.310. The number of rotatable bonds is 7. The summed E-state index contributed by atoms with van der Waals surface area (Å²) < 4.78 is 18.3. The predicted molar refractivity (Wildman–Crippen MR) is 145 cm³/mol. The zero-order chi connectivity index (χ0) is 27.6. The Morgan fingerprint density at radius 2 is 1.82 bits per heavy atom. The molecule has 0 saturated carbocycles. The van der Waals surface area contributed by atoms with Gasteiger partial charge in [0.1, 0.15) is 0 Å². The number of aryl methyl sites for hydroxylation is 1. The lowest BCUT2D eigenvalue weighted by Gasteiger charge is -2.25. The minimum atomic E-state index is -0.814. The highest BCUT2D eigenvalue weighted by atomic mass is 32.1. The second kappa shape index (κ2) is 11.2. The van der Waals surface area contributed by atoms with Gasteiger partial charge in [0.25, 0.3) is 5.56 Å². The second-order valence-corrected chi connectivity index (χ2v) is 10.5. The van der Waals surface area contributed by atoms with Crippen molar-refractivity contribution in [1.29, 1.82) is 0 Å². The maximum Gasteiger partial charge on any atom is 0.338 e. The molecule has 38 heavy (non-hydrogen) atoms. The van der Waals surface area contributed by atoms with Crippen LogP contribution in [0.2, 0.25) is 0 Å². The van der Waals surface area contributed by atoms with E-state index in [0.717, 1.165) is 11.1 Å². The summed E-state index contributed by atoms with van der Waals surface area (Å²) >= 11 is 1.26. The smallest absolute Gasteiger partial charge is 0.338 e. The third kappa shape index (κ3) is 5.62. The Hall–Kier alpha value is -3.98. The van der Waals surface area contributed by atoms with E-state index in [2.05, 4.69) is 4.99 Å². The molecule has 1 aliphatic rings. The molecule has 1 atom stereocenters. The Morgan fingerprint density at radius 3 is 2.45 bits per heavy atom. The minimum absolute atomic E-state index is 0.136. The topological polar surface area (TPSA) is 96.2 Å². The highest BCUT2D eigenvalue weighted by Crippen LogP contribution is 2.36. The molecule has 8 nitrogen and oxygen atoms in total. The van der Waals surface area contributed by atoms with Crippen LogP contribution >= 0.6 is 11.3 Å². The molecule has 2 aromatic carbocycles. The lowest BCUT2D eigenvalue weighted by molar-refractivity contribution is -0.140. The number of benzene rings is 2. The lowest BCUT2D eigenvalue weighted by Crippen LogP contribution is -2.40. The molecule has 0 bridgehead atoms. The van der Waals surface area contributed by atoms with Gasteiger partial charge in [0.2, 0.25) is 0 Å². The van der Waals surface area contributed by atoms with Crippen LogP contribution in [-0.2, 0) is 14.3 Å². The molecule has 0 fully saturated rings. The van der Waals surface area contributed by atoms with E-state index in [0.29, 0.717) is 26.3 Å². The number of nitrogens with zero attached hydrogens (tertiary/aromatic N) is 2. The zero-order valence-corrected chi connectivity index (χ0v) is 23.0. The van der Waals surface area contributed by atoms with Crippen LogP contribution in [0.15, 0.2) is 63.5 Å². The van der Waals surface area contributed by atoms with E-state index in [-0.39, 0.29) is 29.4 Å². The maximum atomic E-state index is 13.8. The summed E-state index contributed by atoms with van der Waals surface area (Å²) in [6.45, 7) is 9.17. The van der Waals surface area contributed by atoms with Gasteiger partial charge in [-0.05, 0) is 49.1 Å². The maximum absolute atomic E-state index is 13.8. The number of hydrogen-bond donors (Lipinski definition) is 0. The van der Waals surface area contributed by atoms with Crippen molar-refractivity contribution >= 4 is 29.4 Å². The molecule has 0 amide bonds. The SMILES string of the molecule is COc1cc([C@@H]2C(C(=O)OCC(C)C)=C(C)N=c3s/c(=C\c4ccc(C)cc4)c(=O)n32)ccc1OC(C)=O. The van der Waals surface area contributed by atoms with Crippen molar-refractivity contribution in [1.82, 2.24) is 4.57 Å². The molecule has 2 heterocycles. The quantitative estimate of drug-likeness (QED) is 0.339. The highest BCUT2D eigenvalue weighted by molar-refractivity contribution is 7.07. The molecule has 1 aromatic heterocycles. The molecule has 0 radical (unpaired) electrons. The summed E-state index contributed by atoms with van der Waals surface area (Å²) in [4.78, 5) is 43.8. The van der Waals surface area contributed by atoms with Gasteiger partial charge in [-0.25, -0.2) is 9.79 Å². The molecule has 9 heteroatoms. The Morgan fingerprint density at radius 1 is 1.11 bits per heavy atom. The van der Waals surface area contributed by atoms with E-state index in [1.165, 1.54) is 29.9 Å². The van der Waals surface area contributed by atoms with Crippen LogP contribution in [0.25, 0.3) is 6.08 Å². The van der Waals surface area contributed by atoms with Gasteiger partial charge in [0.15, 0.2) is 16.3 Å². The number of methoxy groups -OCH3 is 1. The summed E-state index contributed by atoms with van der Waals surface area (Å²) in [5.74, 6) is -0.365. The molecule has 0 saturated heterocycles. The summed E-state index contributed by atoms with van der Waals surface area (Å²) in [6, 6.07) is 12.0. The molecule has 3 aromatic rings. The van der Waals surface area contributed by atoms with Gasteiger partial charge >= 0.3 is 11.9 Å². The summed E-state index contributed by atoms with van der Waals surface area (Å²) in [7, 11) is 1.46. The van der Waals surface area contributed by atoms with Crippen molar-refractivity contribution in [3.05, 3.63) is 90.1 Å². The van der Waals surface area contributed by atoms with E-state index in [4.69, 9.17) is 14.2 Å². The van der Waals surface area contributed by atoms with Gasteiger partial charge in [-0.2, -0.15) is 0 Å². The standard InChI is InChI=1S/C29H30N2O6S/c1-16(2)15-36-28(34)25-18(4)30-29-31(27(33)24(38-29)13-20-9-7-17(3)8-10-20)26(25)21-11-12-22(37-19(5)32)23(14-21)35-6/h7-14,16,26H,15H2,1-6H3/b24-13-/t26-/m1/s1. The zero-order valence-electron chi connectivity index (χ0n) is 22.2. The van der Waals surface area contributed by atoms with E-state index < -0.39 is 18.0 Å². The van der Waals surface area contributed by atoms with Gasteiger partial charge < -0.3 is 14.2 Å². The highest BCUT2D eigenvalue weighted by Gasteiger charge is 2.34.